The third-order valence-corrected chi connectivity index (χ3v) is 8.25. The van der Waals surface area contributed by atoms with Gasteiger partial charge >= 0.3 is 0 Å². The molecule has 208 valence electrons. The first-order chi connectivity index (χ1) is 19.1. The average molecular weight is 593 g/mol. The van der Waals surface area contributed by atoms with E-state index in [-0.39, 0.29) is 47.4 Å². The van der Waals surface area contributed by atoms with Gasteiger partial charge in [0.25, 0.3) is 12.3 Å². The number of amides is 1. The van der Waals surface area contributed by atoms with E-state index in [1.807, 2.05) is 0 Å². The molecule has 0 unspecified atom stereocenters. The molecule has 0 fully saturated rings. The lowest BCUT2D eigenvalue weighted by Gasteiger charge is -2.12. The molecule has 0 bridgehead atoms. The molecule has 1 atom stereocenters. The summed E-state index contributed by atoms with van der Waals surface area (Å²) >= 11 is 6.17. The number of rotatable bonds is 6. The number of halogens is 4. The number of carbonyl (C=O) groups is 1. The van der Waals surface area contributed by atoms with Crippen LogP contribution in [0.4, 0.5) is 13.2 Å². The Bertz CT molecular complexity index is 1740. The Morgan fingerprint density at radius 1 is 1.18 bits per heavy atom. The van der Waals surface area contributed by atoms with Crippen LogP contribution >= 0.6 is 11.6 Å². The van der Waals surface area contributed by atoms with Gasteiger partial charge in [-0.1, -0.05) is 11.6 Å². The van der Waals surface area contributed by atoms with E-state index < -0.39 is 32.6 Å². The van der Waals surface area contributed by atoms with E-state index in [0.717, 1.165) is 6.07 Å². The van der Waals surface area contributed by atoms with Crippen molar-refractivity contribution in [3.05, 3.63) is 70.5 Å². The molecule has 1 amide bonds. The maximum Gasteiger partial charge on any atom is 0.269 e. The zero-order valence-electron chi connectivity index (χ0n) is 20.7. The predicted molar refractivity (Wildman–Crippen MR) is 139 cm³/mol. The summed E-state index contributed by atoms with van der Waals surface area (Å²) in [6.07, 6.45) is -1.56. The number of hydrogen-bond acceptors (Lipinski definition) is 8. The van der Waals surface area contributed by atoms with Gasteiger partial charge in [0.15, 0.2) is 5.75 Å². The van der Waals surface area contributed by atoms with Crippen LogP contribution in [-0.4, -0.2) is 48.5 Å². The summed E-state index contributed by atoms with van der Waals surface area (Å²) in [6.45, 7) is -0.230. The van der Waals surface area contributed by atoms with Crippen LogP contribution in [0.1, 0.15) is 34.5 Å². The van der Waals surface area contributed by atoms with Crippen molar-refractivity contribution < 1.29 is 35.9 Å². The Balaban J connectivity index is 1.38. The van der Waals surface area contributed by atoms with Crippen LogP contribution in [0.15, 0.2) is 53.6 Å². The van der Waals surface area contributed by atoms with E-state index in [1.165, 1.54) is 25.3 Å². The normalized spacial score (nSPS) is 16.2. The van der Waals surface area contributed by atoms with E-state index in [1.54, 1.807) is 24.4 Å². The van der Waals surface area contributed by atoms with E-state index >= 15 is 0 Å². The third kappa shape index (κ3) is 5.26. The molecule has 1 aliphatic rings. The molecule has 5 rings (SSSR count). The molecule has 40 heavy (non-hydrogen) atoms. The number of aromatic nitrogens is 3. The smallest absolute Gasteiger partial charge is 0.269 e. The quantitative estimate of drug-likeness (QED) is 0.329. The van der Waals surface area contributed by atoms with Crippen LogP contribution in [0.3, 0.4) is 0 Å². The SMILES string of the molecule is COc1nc(-c2ccc3cnc(CNC(=O)c4cc(Cl)c5c(c4)S(=O)(=O)[C@@H](F)CCO5)cc3n2)ccc1C(F)F. The number of hydrogen-bond donors (Lipinski definition) is 1. The third-order valence-electron chi connectivity index (χ3n) is 6.15. The zero-order chi connectivity index (χ0) is 28.6. The first-order valence-electron chi connectivity index (χ1n) is 11.8. The molecule has 1 N–H and O–H groups in total. The standard InChI is InChI=1S/C26H20ClF3N4O5S/c1-38-26-16(24(29)30)3-5-19(34-26)18-4-2-13-11-31-15(10-20(13)33-18)12-32-25(35)14-8-17(27)23-21(9-14)40(36,37)22(28)6-7-39-23/h2-5,8-11,22,24H,6-7,12H2,1H3,(H,32,35)/t22-/m1/s1. The molecule has 0 spiro atoms. The van der Waals surface area contributed by atoms with Gasteiger partial charge in [0, 0.05) is 23.6 Å². The number of benzene rings is 1. The lowest BCUT2D eigenvalue weighted by atomic mass is 10.1. The van der Waals surface area contributed by atoms with E-state index in [4.69, 9.17) is 21.1 Å². The second-order valence-corrected chi connectivity index (χ2v) is 11.2. The van der Waals surface area contributed by atoms with Crippen molar-refractivity contribution in [3.63, 3.8) is 0 Å². The minimum atomic E-state index is -4.39. The fourth-order valence-electron chi connectivity index (χ4n) is 4.09. The summed E-state index contributed by atoms with van der Waals surface area (Å²) in [6, 6.07) is 9.95. The lowest BCUT2D eigenvalue weighted by molar-refractivity contribution is 0.0950. The van der Waals surface area contributed by atoms with Crippen LogP contribution in [0.2, 0.25) is 5.02 Å². The van der Waals surface area contributed by atoms with Crippen molar-refractivity contribution in [2.24, 2.45) is 0 Å². The number of carbonyl (C=O) groups excluding carboxylic acids is 1. The van der Waals surface area contributed by atoms with Gasteiger partial charge in [-0.2, -0.15) is 0 Å². The molecule has 0 saturated heterocycles. The molecule has 9 nitrogen and oxygen atoms in total. The minimum Gasteiger partial charge on any atom is -0.490 e. The van der Waals surface area contributed by atoms with Crippen LogP contribution in [0.5, 0.6) is 11.6 Å². The van der Waals surface area contributed by atoms with Gasteiger partial charge in [0.2, 0.25) is 21.2 Å². The van der Waals surface area contributed by atoms with E-state index in [0.29, 0.717) is 28.0 Å². The summed E-state index contributed by atoms with van der Waals surface area (Å²) in [5.41, 5.74) is -0.962. The fraction of sp³-hybridized carbons (Fsp3) is 0.231. The van der Waals surface area contributed by atoms with Gasteiger partial charge in [-0.15, -0.1) is 0 Å². The molecule has 4 heterocycles. The van der Waals surface area contributed by atoms with Crippen molar-refractivity contribution in [1.29, 1.82) is 0 Å². The molecular weight excluding hydrogens is 573 g/mol. The molecule has 1 aliphatic heterocycles. The second-order valence-electron chi connectivity index (χ2n) is 8.72. The van der Waals surface area contributed by atoms with Crippen molar-refractivity contribution in [2.75, 3.05) is 13.7 Å². The Morgan fingerprint density at radius 3 is 2.67 bits per heavy atom. The topological polar surface area (TPSA) is 120 Å². The van der Waals surface area contributed by atoms with Gasteiger partial charge < -0.3 is 14.8 Å². The molecule has 0 saturated carbocycles. The number of fused-ring (bicyclic) bond motifs is 2. The molecule has 1 aromatic carbocycles. The van der Waals surface area contributed by atoms with Crippen LogP contribution in [-0.2, 0) is 16.4 Å². The maximum absolute atomic E-state index is 14.2. The number of methoxy groups -OCH3 is 1. The minimum absolute atomic E-state index is 0.0560. The largest absolute Gasteiger partial charge is 0.490 e. The molecule has 3 aromatic heterocycles. The highest BCUT2D eigenvalue weighted by molar-refractivity contribution is 7.92. The van der Waals surface area contributed by atoms with Crippen molar-refractivity contribution in [3.8, 4) is 23.0 Å². The Kier molecular flexibility index (Phi) is 7.51. The summed E-state index contributed by atoms with van der Waals surface area (Å²) in [4.78, 5) is 25.4. The number of alkyl halides is 3. The van der Waals surface area contributed by atoms with Gasteiger partial charge in [-0.25, -0.2) is 31.6 Å². The number of nitrogens with one attached hydrogen (secondary N) is 1. The van der Waals surface area contributed by atoms with Gasteiger partial charge in [-0.05, 0) is 42.5 Å². The predicted octanol–water partition coefficient (Wildman–Crippen LogP) is 5.07. The molecular formula is C26H20ClF3N4O5S. The van der Waals surface area contributed by atoms with Crippen molar-refractivity contribution >= 4 is 38.2 Å². The highest BCUT2D eigenvalue weighted by atomic mass is 35.5. The van der Waals surface area contributed by atoms with Crippen LogP contribution in [0, 0.1) is 0 Å². The Hall–Kier alpha value is -3.97. The summed E-state index contributed by atoms with van der Waals surface area (Å²) < 4.78 is 76.0. The average Bonchev–Trinajstić information content (AvgIpc) is 3.06. The Morgan fingerprint density at radius 2 is 1.93 bits per heavy atom. The molecule has 14 heteroatoms. The highest BCUT2D eigenvalue weighted by Crippen LogP contribution is 2.38. The monoisotopic (exact) mass is 592 g/mol. The number of sulfone groups is 1. The summed E-state index contributed by atoms with van der Waals surface area (Å²) in [5.74, 6) is -1.06. The van der Waals surface area contributed by atoms with Crippen LogP contribution < -0.4 is 14.8 Å². The second kappa shape index (κ2) is 10.9. The first-order valence-corrected chi connectivity index (χ1v) is 13.7. The first kappa shape index (κ1) is 27.6. The van der Waals surface area contributed by atoms with Gasteiger partial charge in [-0.3, -0.25) is 9.78 Å². The maximum atomic E-state index is 14.2. The molecule has 0 radical (unpaired) electrons. The fourth-order valence-corrected chi connectivity index (χ4v) is 5.82. The van der Waals surface area contributed by atoms with Gasteiger partial charge in [0.05, 0.1) is 53.4 Å². The lowest BCUT2D eigenvalue weighted by Crippen LogP contribution is -2.24. The molecule has 0 aliphatic carbocycles. The summed E-state index contributed by atoms with van der Waals surface area (Å²) in [5, 5.41) is 3.18. The van der Waals surface area contributed by atoms with Crippen LogP contribution in [0.25, 0.3) is 22.3 Å². The molecule has 4 aromatic rings. The Labute approximate surface area is 231 Å². The number of pyridine rings is 3. The number of ether oxygens (including phenoxy) is 2. The van der Waals surface area contributed by atoms with Crippen molar-refractivity contribution in [1.82, 2.24) is 20.3 Å². The summed E-state index contributed by atoms with van der Waals surface area (Å²) in [7, 11) is -3.14. The number of nitrogens with zero attached hydrogens (tertiary/aromatic N) is 3. The van der Waals surface area contributed by atoms with Crippen molar-refractivity contribution in [2.45, 2.75) is 29.8 Å². The zero-order valence-corrected chi connectivity index (χ0v) is 22.3. The van der Waals surface area contributed by atoms with E-state index in [9.17, 15) is 26.4 Å². The van der Waals surface area contributed by atoms with Gasteiger partial charge in [0.1, 0.15) is 4.90 Å². The highest BCUT2D eigenvalue weighted by Gasteiger charge is 2.35. The van der Waals surface area contributed by atoms with E-state index in [2.05, 4.69) is 20.3 Å².